The predicted octanol–water partition coefficient (Wildman–Crippen LogP) is 0.620. The van der Waals surface area contributed by atoms with E-state index in [0.717, 1.165) is 4.68 Å². The van der Waals surface area contributed by atoms with Gasteiger partial charge in [-0.15, -0.1) is 0 Å². The minimum atomic E-state index is -0.505. The molecule has 2 rings (SSSR count). The van der Waals surface area contributed by atoms with Crippen LogP contribution in [0.5, 0.6) is 11.9 Å². The molecule has 1 amide bonds. The zero-order valence-electron chi connectivity index (χ0n) is 13.1. The van der Waals surface area contributed by atoms with E-state index < -0.39 is 5.91 Å². The number of hydrogen-bond donors (Lipinski definition) is 1. The van der Waals surface area contributed by atoms with E-state index in [4.69, 9.17) is 9.47 Å². The first-order valence-corrected chi connectivity index (χ1v) is 7.03. The summed E-state index contributed by atoms with van der Waals surface area (Å²) in [5.41, 5.74) is 0.0698. The Kier molecular flexibility index (Phi) is 5.23. The van der Waals surface area contributed by atoms with Crippen LogP contribution in [0.2, 0.25) is 0 Å². The zero-order valence-corrected chi connectivity index (χ0v) is 13.1. The fourth-order valence-corrected chi connectivity index (χ4v) is 1.69. The summed E-state index contributed by atoms with van der Waals surface area (Å²) in [5.74, 6) is -0.307. The molecule has 1 N–H and O–H groups in total. The van der Waals surface area contributed by atoms with Crippen LogP contribution in [0, 0.1) is 0 Å². The lowest BCUT2D eigenvalue weighted by atomic mass is 10.3. The van der Waals surface area contributed by atoms with Gasteiger partial charge in [0.15, 0.2) is 0 Å². The molecule has 2 heterocycles. The molecule has 0 atom stereocenters. The monoisotopic (exact) mass is 319 g/mol. The number of carbonyl (C=O) groups excluding carboxylic acids is 1. The van der Waals surface area contributed by atoms with Crippen molar-refractivity contribution in [2.75, 3.05) is 18.5 Å². The quantitative estimate of drug-likeness (QED) is 0.831. The maximum Gasteiger partial charge on any atom is 0.319 e. The molecule has 9 nitrogen and oxygen atoms in total. The van der Waals surface area contributed by atoms with Crippen molar-refractivity contribution in [2.24, 2.45) is 7.05 Å². The first-order chi connectivity index (χ1) is 11.0. The lowest BCUT2D eigenvalue weighted by Gasteiger charge is -2.11. The third-order valence-corrected chi connectivity index (χ3v) is 2.73. The molecule has 2 aromatic heterocycles. The normalized spacial score (nSPS) is 10.2. The summed E-state index contributed by atoms with van der Waals surface area (Å²) in [6, 6.07) is 2.77. The molecule has 0 radical (unpaired) electrons. The van der Waals surface area contributed by atoms with Crippen molar-refractivity contribution in [3.63, 3.8) is 0 Å². The Morgan fingerprint density at radius 2 is 2.00 bits per heavy atom. The second-order valence-electron chi connectivity index (χ2n) is 4.37. The van der Waals surface area contributed by atoms with Crippen molar-refractivity contribution in [2.45, 2.75) is 13.8 Å². The maximum absolute atomic E-state index is 12.2. The molecule has 0 aliphatic rings. The van der Waals surface area contributed by atoms with E-state index in [0.29, 0.717) is 13.2 Å². The number of ether oxygens (including phenoxy) is 2. The summed E-state index contributed by atoms with van der Waals surface area (Å²) in [6.45, 7) is 4.39. The van der Waals surface area contributed by atoms with Crippen molar-refractivity contribution in [3.05, 3.63) is 34.4 Å². The molecule has 2 aromatic rings. The molecule has 0 fully saturated rings. The molecule has 0 aliphatic heterocycles. The fraction of sp³-hybridized carbons (Fsp3) is 0.357. The van der Waals surface area contributed by atoms with Crippen LogP contribution in [0.3, 0.4) is 0 Å². The van der Waals surface area contributed by atoms with Crippen molar-refractivity contribution < 1.29 is 14.3 Å². The molecule has 0 saturated carbocycles. The van der Waals surface area contributed by atoms with Crippen LogP contribution in [0.4, 0.5) is 5.69 Å². The summed E-state index contributed by atoms with van der Waals surface area (Å²) < 4.78 is 11.7. The SMILES string of the molecule is CCOc1ncc(NC(=O)c2ccc(=O)n(C)n2)c(OCC)n1. The second kappa shape index (κ2) is 7.34. The number of anilines is 1. The highest BCUT2D eigenvalue weighted by atomic mass is 16.5. The predicted molar refractivity (Wildman–Crippen MR) is 81.8 cm³/mol. The molecule has 9 heteroatoms. The molecule has 0 unspecified atom stereocenters. The highest BCUT2D eigenvalue weighted by Crippen LogP contribution is 2.23. The number of aryl methyl sites for hydroxylation is 1. The minimum absolute atomic E-state index is 0.0865. The van der Waals surface area contributed by atoms with Crippen molar-refractivity contribution in [1.82, 2.24) is 19.7 Å². The van der Waals surface area contributed by atoms with E-state index in [2.05, 4.69) is 20.4 Å². The molecule has 0 aromatic carbocycles. The number of nitrogens with one attached hydrogen (secondary N) is 1. The largest absolute Gasteiger partial charge is 0.476 e. The highest BCUT2D eigenvalue weighted by molar-refractivity contribution is 6.03. The first kappa shape index (κ1) is 16.4. The average molecular weight is 319 g/mol. The van der Waals surface area contributed by atoms with Gasteiger partial charge in [0.25, 0.3) is 11.5 Å². The molecule has 0 saturated heterocycles. The molecular weight excluding hydrogens is 302 g/mol. The molecule has 122 valence electrons. The average Bonchev–Trinajstić information content (AvgIpc) is 2.53. The van der Waals surface area contributed by atoms with E-state index in [-0.39, 0.29) is 28.8 Å². The third kappa shape index (κ3) is 4.02. The van der Waals surface area contributed by atoms with Crippen LogP contribution in [0.25, 0.3) is 0 Å². The van der Waals surface area contributed by atoms with Gasteiger partial charge in [-0.05, 0) is 19.9 Å². The number of amides is 1. The van der Waals surface area contributed by atoms with Crippen LogP contribution in [0.1, 0.15) is 24.3 Å². The van der Waals surface area contributed by atoms with Gasteiger partial charge >= 0.3 is 6.01 Å². The van der Waals surface area contributed by atoms with Gasteiger partial charge in [0.2, 0.25) is 5.88 Å². The van der Waals surface area contributed by atoms with Gasteiger partial charge in [0.1, 0.15) is 11.4 Å². The molecule has 0 aliphatic carbocycles. The molecule has 0 bridgehead atoms. The van der Waals surface area contributed by atoms with E-state index in [1.54, 1.807) is 6.92 Å². The highest BCUT2D eigenvalue weighted by Gasteiger charge is 2.15. The van der Waals surface area contributed by atoms with Gasteiger partial charge in [0.05, 0.1) is 19.4 Å². The Labute approximate surface area is 132 Å². The maximum atomic E-state index is 12.2. The second-order valence-corrected chi connectivity index (χ2v) is 4.37. The van der Waals surface area contributed by atoms with Crippen molar-refractivity contribution >= 4 is 11.6 Å². The minimum Gasteiger partial charge on any atom is -0.476 e. The number of aromatic nitrogens is 4. The lowest BCUT2D eigenvalue weighted by molar-refractivity contribution is 0.101. The summed E-state index contributed by atoms with van der Waals surface area (Å²) in [5, 5.41) is 6.48. The fourth-order valence-electron chi connectivity index (χ4n) is 1.69. The number of carbonyl (C=O) groups is 1. The summed E-state index contributed by atoms with van der Waals surface area (Å²) in [4.78, 5) is 31.6. The smallest absolute Gasteiger partial charge is 0.319 e. The first-order valence-electron chi connectivity index (χ1n) is 7.03. The van der Waals surface area contributed by atoms with Crippen LogP contribution < -0.4 is 20.3 Å². The Morgan fingerprint density at radius 1 is 1.26 bits per heavy atom. The number of nitrogens with zero attached hydrogens (tertiary/aromatic N) is 4. The van der Waals surface area contributed by atoms with Gasteiger partial charge in [-0.25, -0.2) is 9.67 Å². The number of rotatable bonds is 6. The van der Waals surface area contributed by atoms with Crippen molar-refractivity contribution in [1.29, 1.82) is 0 Å². The van der Waals surface area contributed by atoms with Crippen LogP contribution in [0.15, 0.2) is 23.1 Å². The molecule has 0 spiro atoms. The van der Waals surface area contributed by atoms with Crippen LogP contribution in [-0.2, 0) is 7.05 Å². The Bertz CT molecular complexity index is 759. The van der Waals surface area contributed by atoms with Crippen LogP contribution >= 0.6 is 0 Å². The van der Waals surface area contributed by atoms with E-state index in [1.165, 1.54) is 25.4 Å². The summed E-state index contributed by atoms with van der Waals surface area (Å²) in [7, 11) is 1.46. The Balaban J connectivity index is 2.25. The number of hydrogen-bond acceptors (Lipinski definition) is 7. The summed E-state index contributed by atoms with van der Waals surface area (Å²) >= 11 is 0. The van der Waals surface area contributed by atoms with Gasteiger partial charge in [-0.1, -0.05) is 0 Å². The Hall–Kier alpha value is -2.97. The van der Waals surface area contributed by atoms with Crippen molar-refractivity contribution in [3.8, 4) is 11.9 Å². The van der Waals surface area contributed by atoms with Gasteiger partial charge in [-0.3, -0.25) is 9.59 Å². The Morgan fingerprint density at radius 3 is 2.65 bits per heavy atom. The third-order valence-electron chi connectivity index (χ3n) is 2.73. The van der Waals surface area contributed by atoms with E-state index in [9.17, 15) is 9.59 Å². The van der Waals surface area contributed by atoms with Gasteiger partial charge < -0.3 is 14.8 Å². The standard InChI is InChI=1S/C14H17N5O4/c1-4-22-13-10(8-15-14(17-13)23-5-2)16-12(21)9-6-7-11(20)19(3)18-9/h6-8H,4-5H2,1-3H3,(H,16,21). The topological polar surface area (TPSA) is 108 Å². The lowest BCUT2D eigenvalue weighted by Crippen LogP contribution is -2.24. The molecular formula is C14H17N5O4. The van der Waals surface area contributed by atoms with Gasteiger partial charge in [-0.2, -0.15) is 10.1 Å². The van der Waals surface area contributed by atoms with Crippen LogP contribution in [-0.4, -0.2) is 38.9 Å². The van der Waals surface area contributed by atoms with Gasteiger partial charge in [0, 0.05) is 13.1 Å². The zero-order chi connectivity index (χ0) is 16.8. The van der Waals surface area contributed by atoms with E-state index >= 15 is 0 Å². The van der Waals surface area contributed by atoms with E-state index in [1.807, 2.05) is 6.92 Å². The summed E-state index contributed by atoms with van der Waals surface area (Å²) in [6.07, 6.45) is 1.39. The molecule has 23 heavy (non-hydrogen) atoms.